The van der Waals surface area contributed by atoms with E-state index in [1.165, 1.54) is 6.92 Å². The minimum absolute atomic E-state index is 0.00696. The number of carbonyl (C=O) groups is 1. The summed E-state index contributed by atoms with van der Waals surface area (Å²) in [6.07, 6.45) is 0. The molecule has 0 fully saturated rings. The molecule has 0 unspecified atom stereocenters. The summed E-state index contributed by atoms with van der Waals surface area (Å²) < 4.78 is 0.921. The van der Waals surface area contributed by atoms with Crippen LogP contribution in [0.3, 0.4) is 0 Å². The van der Waals surface area contributed by atoms with Crippen molar-refractivity contribution in [3.63, 3.8) is 0 Å². The number of hydrogen-bond acceptors (Lipinski definition) is 2. The van der Waals surface area contributed by atoms with Crippen molar-refractivity contribution in [1.29, 1.82) is 5.26 Å². The van der Waals surface area contributed by atoms with E-state index in [0.717, 1.165) is 9.13 Å². The highest BCUT2D eigenvalue weighted by Gasteiger charge is 2.08. The smallest absolute Gasteiger partial charge is 0.160 e. The van der Waals surface area contributed by atoms with Gasteiger partial charge in [-0.25, -0.2) is 0 Å². The molecule has 0 heterocycles. The fraction of sp³-hybridized carbons (Fsp3) is 0.200. The number of ketones is 1. The van der Waals surface area contributed by atoms with E-state index in [-0.39, 0.29) is 5.78 Å². The molecule has 0 amide bonds. The number of Topliss-reactive ketones (excluding diaryl/α,β-unsaturated/α-hetero) is 1. The standard InChI is InChI=1S/C10H8INO/c1-6-8(5-12)3-9(11)4-10(6)7(2)13/h3-4H,1-2H3. The maximum Gasteiger partial charge on any atom is 0.160 e. The molecule has 2 nitrogen and oxygen atoms in total. The van der Waals surface area contributed by atoms with E-state index in [4.69, 9.17) is 5.26 Å². The molecule has 0 aliphatic rings. The van der Waals surface area contributed by atoms with Crippen LogP contribution in [0.2, 0.25) is 0 Å². The number of rotatable bonds is 1. The number of carbonyl (C=O) groups excluding carboxylic acids is 1. The van der Waals surface area contributed by atoms with E-state index in [2.05, 4.69) is 28.7 Å². The van der Waals surface area contributed by atoms with Crippen LogP contribution in [0.1, 0.15) is 28.4 Å². The van der Waals surface area contributed by atoms with Gasteiger partial charge in [0.1, 0.15) is 0 Å². The Balaban J connectivity index is 3.47. The van der Waals surface area contributed by atoms with Crippen LogP contribution in [-0.4, -0.2) is 5.78 Å². The normalized spacial score (nSPS) is 9.38. The van der Waals surface area contributed by atoms with E-state index < -0.39 is 0 Å². The van der Waals surface area contributed by atoms with Gasteiger partial charge in [0, 0.05) is 9.13 Å². The number of hydrogen-bond donors (Lipinski definition) is 0. The van der Waals surface area contributed by atoms with Crippen LogP contribution < -0.4 is 0 Å². The van der Waals surface area contributed by atoms with Gasteiger partial charge in [-0.05, 0) is 54.1 Å². The molecule has 0 spiro atoms. The van der Waals surface area contributed by atoms with E-state index >= 15 is 0 Å². The van der Waals surface area contributed by atoms with Gasteiger partial charge in [-0.2, -0.15) is 5.26 Å². The molecular formula is C10H8INO. The summed E-state index contributed by atoms with van der Waals surface area (Å²) in [5, 5.41) is 8.78. The third-order valence-electron chi connectivity index (χ3n) is 1.87. The lowest BCUT2D eigenvalue weighted by molar-refractivity contribution is 0.101. The van der Waals surface area contributed by atoms with Gasteiger partial charge in [-0.3, -0.25) is 4.79 Å². The fourth-order valence-electron chi connectivity index (χ4n) is 1.16. The summed E-state index contributed by atoms with van der Waals surface area (Å²) >= 11 is 2.10. The number of halogens is 1. The van der Waals surface area contributed by atoms with Crippen molar-refractivity contribution in [2.45, 2.75) is 13.8 Å². The van der Waals surface area contributed by atoms with Crippen molar-refractivity contribution in [3.8, 4) is 6.07 Å². The zero-order chi connectivity index (χ0) is 10.0. The van der Waals surface area contributed by atoms with Gasteiger partial charge in [0.05, 0.1) is 11.6 Å². The molecule has 1 rings (SSSR count). The van der Waals surface area contributed by atoms with Crippen molar-refractivity contribution < 1.29 is 4.79 Å². The highest BCUT2D eigenvalue weighted by Crippen LogP contribution is 2.18. The van der Waals surface area contributed by atoms with Crippen LogP contribution in [0.4, 0.5) is 0 Å². The lowest BCUT2D eigenvalue weighted by Gasteiger charge is -2.04. The Kier molecular flexibility index (Phi) is 3.04. The first-order valence-electron chi connectivity index (χ1n) is 3.77. The molecule has 0 saturated carbocycles. The topological polar surface area (TPSA) is 40.9 Å². The largest absolute Gasteiger partial charge is 0.294 e. The predicted octanol–water partition coefficient (Wildman–Crippen LogP) is 2.67. The molecule has 0 bridgehead atoms. The Morgan fingerprint density at radius 2 is 2.15 bits per heavy atom. The molecule has 0 atom stereocenters. The molecule has 1 aromatic carbocycles. The zero-order valence-electron chi connectivity index (χ0n) is 7.39. The minimum Gasteiger partial charge on any atom is -0.294 e. The third-order valence-corrected chi connectivity index (χ3v) is 2.50. The summed E-state index contributed by atoms with van der Waals surface area (Å²) in [4.78, 5) is 11.2. The van der Waals surface area contributed by atoms with Crippen molar-refractivity contribution >= 4 is 28.4 Å². The summed E-state index contributed by atoms with van der Waals surface area (Å²) in [6.45, 7) is 3.31. The summed E-state index contributed by atoms with van der Waals surface area (Å²) in [5.41, 5.74) is 2.00. The van der Waals surface area contributed by atoms with Gasteiger partial charge in [-0.15, -0.1) is 0 Å². The minimum atomic E-state index is 0.00696. The monoisotopic (exact) mass is 285 g/mol. The Morgan fingerprint density at radius 1 is 1.54 bits per heavy atom. The van der Waals surface area contributed by atoms with Gasteiger partial charge in [0.15, 0.2) is 5.78 Å². The van der Waals surface area contributed by atoms with E-state index in [1.54, 1.807) is 19.1 Å². The summed E-state index contributed by atoms with van der Waals surface area (Å²) in [7, 11) is 0. The second kappa shape index (κ2) is 3.88. The number of benzene rings is 1. The molecule has 0 radical (unpaired) electrons. The van der Waals surface area contributed by atoms with Crippen LogP contribution in [0.5, 0.6) is 0 Å². The first-order valence-corrected chi connectivity index (χ1v) is 4.85. The summed E-state index contributed by atoms with van der Waals surface area (Å²) in [6, 6.07) is 5.66. The third kappa shape index (κ3) is 2.07. The van der Waals surface area contributed by atoms with Gasteiger partial charge < -0.3 is 0 Å². The molecule has 1 aromatic rings. The molecule has 0 aliphatic heterocycles. The van der Waals surface area contributed by atoms with Crippen molar-refractivity contribution in [1.82, 2.24) is 0 Å². The lowest BCUT2D eigenvalue weighted by atomic mass is 10.0. The average Bonchev–Trinajstić information content (AvgIpc) is 2.08. The van der Waals surface area contributed by atoms with Crippen LogP contribution in [0.25, 0.3) is 0 Å². The fourth-order valence-corrected chi connectivity index (χ4v) is 1.78. The first kappa shape index (κ1) is 10.2. The molecule has 0 aromatic heterocycles. The molecule has 0 saturated heterocycles. The van der Waals surface area contributed by atoms with Gasteiger partial charge in [-0.1, -0.05) is 0 Å². The van der Waals surface area contributed by atoms with Gasteiger partial charge in [0.2, 0.25) is 0 Å². The van der Waals surface area contributed by atoms with Gasteiger partial charge in [0.25, 0.3) is 0 Å². The lowest BCUT2D eigenvalue weighted by Crippen LogP contribution is -1.99. The quantitative estimate of drug-likeness (QED) is 0.588. The van der Waals surface area contributed by atoms with Gasteiger partial charge >= 0.3 is 0 Å². The van der Waals surface area contributed by atoms with Crippen LogP contribution in [0.15, 0.2) is 12.1 Å². The van der Waals surface area contributed by atoms with Crippen molar-refractivity contribution in [2.75, 3.05) is 0 Å². The first-order chi connectivity index (χ1) is 6.06. The molecule has 66 valence electrons. The molecule has 0 N–H and O–H groups in total. The molecular weight excluding hydrogens is 277 g/mol. The SMILES string of the molecule is CC(=O)c1cc(I)cc(C#N)c1C. The van der Waals surface area contributed by atoms with E-state index in [1.807, 2.05) is 0 Å². The van der Waals surface area contributed by atoms with Crippen LogP contribution in [0, 0.1) is 21.8 Å². The molecule has 0 aliphatic carbocycles. The number of nitriles is 1. The molecule has 3 heteroatoms. The Hall–Kier alpha value is -0.890. The van der Waals surface area contributed by atoms with Crippen LogP contribution >= 0.6 is 22.6 Å². The maximum absolute atomic E-state index is 11.2. The van der Waals surface area contributed by atoms with Crippen molar-refractivity contribution in [2.24, 2.45) is 0 Å². The number of nitrogens with zero attached hydrogens (tertiary/aromatic N) is 1. The Labute approximate surface area is 90.7 Å². The van der Waals surface area contributed by atoms with E-state index in [0.29, 0.717) is 11.1 Å². The Bertz CT molecular complexity index is 404. The Morgan fingerprint density at radius 3 is 2.62 bits per heavy atom. The van der Waals surface area contributed by atoms with E-state index in [9.17, 15) is 4.79 Å². The zero-order valence-corrected chi connectivity index (χ0v) is 9.55. The van der Waals surface area contributed by atoms with Crippen LogP contribution in [-0.2, 0) is 0 Å². The molecule has 13 heavy (non-hydrogen) atoms. The highest BCUT2D eigenvalue weighted by molar-refractivity contribution is 14.1. The predicted molar refractivity (Wildman–Crippen MR) is 58.6 cm³/mol. The highest BCUT2D eigenvalue weighted by atomic mass is 127. The average molecular weight is 285 g/mol. The maximum atomic E-state index is 11.2. The second-order valence-electron chi connectivity index (χ2n) is 2.79. The summed E-state index contributed by atoms with van der Waals surface area (Å²) in [5.74, 6) is 0.00696. The second-order valence-corrected chi connectivity index (χ2v) is 4.04. The van der Waals surface area contributed by atoms with Crippen molar-refractivity contribution in [3.05, 3.63) is 32.4 Å².